The Morgan fingerprint density at radius 3 is 2.71 bits per heavy atom. The Morgan fingerprint density at radius 1 is 1.24 bits per heavy atom. The molecule has 1 atom stereocenters. The number of hydrogen-bond donors (Lipinski definition) is 1. The third-order valence-electron chi connectivity index (χ3n) is 3.48. The van der Waals surface area contributed by atoms with E-state index in [1.807, 2.05) is 31.3 Å². The van der Waals surface area contributed by atoms with Crippen LogP contribution in [0.1, 0.15) is 17.0 Å². The third-order valence-corrected chi connectivity index (χ3v) is 4.21. The molecule has 0 aliphatic heterocycles. The summed E-state index contributed by atoms with van der Waals surface area (Å²) in [7, 11) is 3.67. The maximum atomic E-state index is 6.13. The number of methoxy groups -OCH3 is 1. The van der Waals surface area contributed by atoms with E-state index < -0.39 is 0 Å². The largest absolute Gasteiger partial charge is 0.496 e. The van der Waals surface area contributed by atoms with Crippen LogP contribution in [0.25, 0.3) is 0 Å². The molecule has 2 aromatic rings. The van der Waals surface area contributed by atoms with Gasteiger partial charge in [-0.05, 0) is 54.9 Å². The molecule has 2 aromatic carbocycles. The van der Waals surface area contributed by atoms with E-state index in [4.69, 9.17) is 16.3 Å². The lowest BCUT2D eigenvalue weighted by atomic mass is 9.91. The minimum absolute atomic E-state index is 0.361. The van der Waals surface area contributed by atoms with Crippen LogP contribution < -0.4 is 10.1 Å². The Morgan fingerprint density at radius 2 is 2.05 bits per heavy atom. The molecule has 2 rings (SSSR count). The summed E-state index contributed by atoms with van der Waals surface area (Å²) in [6.45, 7) is 0.895. The number of benzene rings is 2. The zero-order chi connectivity index (χ0) is 15.2. The summed E-state index contributed by atoms with van der Waals surface area (Å²) in [4.78, 5) is 0. The predicted octanol–water partition coefficient (Wildman–Crippen LogP) is 4.66. The molecule has 0 bridgehead atoms. The molecule has 1 N–H and O–H groups in total. The van der Waals surface area contributed by atoms with Crippen LogP contribution in [0.4, 0.5) is 0 Å². The van der Waals surface area contributed by atoms with Crippen molar-refractivity contribution >= 4 is 27.5 Å². The van der Waals surface area contributed by atoms with Crippen molar-refractivity contribution in [3.63, 3.8) is 0 Å². The van der Waals surface area contributed by atoms with Crippen molar-refractivity contribution in [3.8, 4) is 5.75 Å². The van der Waals surface area contributed by atoms with Gasteiger partial charge in [0.15, 0.2) is 0 Å². The summed E-state index contributed by atoms with van der Waals surface area (Å²) in [5.41, 5.74) is 2.42. The topological polar surface area (TPSA) is 21.3 Å². The highest BCUT2D eigenvalue weighted by Crippen LogP contribution is 2.29. The van der Waals surface area contributed by atoms with Gasteiger partial charge in [-0.25, -0.2) is 0 Å². The molecule has 0 aliphatic carbocycles. The molecule has 0 aliphatic rings. The molecule has 0 fully saturated rings. The van der Waals surface area contributed by atoms with E-state index in [1.165, 1.54) is 5.56 Å². The molecular formula is C17H19BrClNO. The van der Waals surface area contributed by atoms with E-state index in [2.05, 4.69) is 39.4 Å². The molecule has 21 heavy (non-hydrogen) atoms. The summed E-state index contributed by atoms with van der Waals surface area (Å²) < 4.78 is 6.55. The highest BCUT2D eigenvalue weighted by atomic mass is 79.9. The van der Waals surface area contributed by atoms with E-state index in [-0.39, 0.29) is 0 Å². The first-order chi connectivity index (χ1) is 10.1. The second kappa shape index (κ2) is 7.83. The van der Waals surface area contributed by atoms with E-state index >= 15 is 0 Å². The summed E-state index contributed by atoms with van der Waals surface area (Å²) in [5.74, 6) is 1.25. The molecule has 0 saturated heterocycles. The molecule has 112 valence electrons. The lowest BCUT2D eigenvalue weighted by Gasteiger charge is -2.19. The number of rotatable bonds is 6. The molecule has 0 spiro atoms. The van der Waals surface area contributed by atoms with Crippen molar-refractivity contribution < 1.29 is 4.74 Å². The fourth-order valence-corrected chi connectivity index (χ4v) is 3.10. The van der Waals surface area contributed by atoms with Crippen LogP contribution in [0.5, 0.6) is 5.75 Å². The fraction of sp³-hybridized carbons (Fsp3) is 0.294. The Kier molecular flexibility index (Phi) is 6.09. The lowest BCUT2D eigenvalue weighted by molar-refractivity contribution is 0.407. The van der Waals surface area contributed by atoms with Gasteiger partial charge in [0.2, 0.25) is 0 Å². The van der Waals surface area contributed by atoms with Crippen molar-refractivity contribution in [1.82, 2.24) is 5.32 Å². The molecule has 0 radical (unpaired) electrons. The second-order valence-electron chi connectivity index (χ2n) is 4.97. The van der Waals surface area contributed by atoms with Crippen molar-refractivity contribution in [2.45, 2.75) is 12.3 Å². The van der Waals surface area contributed by atoms with Crippen molar-refractivity contribution in [1.29, 1.82) is 0 Å². The van der Waals surface area contributed by atoms with Gasteiger partial charge >= 0.3 is 0 Å². The van der Waals surface area contributed by atoms with Gasteiger partial charge in [0, 0.05) is 22.0 Å². The van der Waals surface area contributed by atoms with E-state index in [0.717, 1.165) is 33.8 Å². The molecule has 0 amide bonds. The van der Waals surface area contributed by atoms with Gasteiger partial charge in [-0.3, -0.25) is 0 Å². The Balaban J connectivity index is 2.30. The second-order valence-corrected chi connectivity index (χ2v) is 6.32. The third kappa shape index (κ3) is 4.47. The first-order valence-electron chi connectivity index (χ1n) is 6.86. The van der Waals surface area contributed by atoms with E-state index in [0.29, 0.717) is 5.92 Å². The molecule has 0 aromatic heterocycles. The van der Waals surface area contributed by atoms with Crippen LogP contribution in [0, 0.1) is 0 Å². The van der Waals surface area contributed by atoms with Crippen LogP contribution in [-0.2, 0) is 6.42 Å². The average molecular weight is 369 g/mol. The highest BCUT2D eigenvalue weighted by Gasteiger charge is 2.15. The number of nitrogens with one attached hydrogen (secondary N) is 1. The van der Waals surface area contributed by atoms with Gasteiger partial charge in [0.05, 0.1) is 7.11 Å². The first kappa shape index (κ1) is 16.3. The smallest absolute Gasteiger partial charge is 0.122 e. The van der Waals surface area contributed by atoms with E-state index in [1.54, 1.807) is 7.11 Å². The molecular weight excluding hydrogens is 350 g/mol. The van der Waals surface area contributed by atoms with Gasteiger partial charge in [-0.15, -0.1) is 0 Å². The minimum Gasteiger partial charge on any atom is -0.496 e. The van der Waals surface area contributed by atoms with Gasteiger partial charge in [-0.2, -0.15) is 0 Å². The normalized spacial score (nSPS) is 12.2. The van der Waals surface area contributed by atoms with Crippen LogP contribution >= 0.6 is 27.5 Å². The molecule has 0 saturated carbocycles. The summed E-state index contributed by atoms with van der Waals surface area (Å²) >= 11 is 9.67. The van der Waals surface area contributed by atoms with Gasteiger partial charge in [0.1, 0.15) is 5.75 Å². The number of ether oxygens (including phenoxy) is 1. The monoisotopic (exact) mass is 367 g/mol. The van der Waals surface area contributed by atoms with Crippen molar-refractivity contribution in [3.05, 3.63) is 63.1 Å². The summed E-state index contributed by atoms with van der Waals surface area (Å²) in [6, 6.07) is 14.2. The van der Waals surface area contributed by atoms with E-state index in [9.17, 15) is 0 Å². The van der Waals surface area contributed by atoms with Gasteiger partial charge < -0.3 is 10.1 Å². The molecule has 0 heterocycles. The average Bonchev–Trinajstić information content (AvgIpc) is 2.47. The molecule has 4 heteroatoms. The molecule has 2 nitrogen and oxygen atoms in total. The Hall–Kier alpha value is -1.03. The number of hydrogen-bond acceptors (Lipinski definition) is 2. The Bertz CT molecular complexity index is 603. The summed E-state index contributed by atoms with van der Waals surface area (Å²) in [5, 5.41) is 4.01. The van der Waals surface area contributed by atoms with Gasteiger partial charge in [0.25, 0.3) is 0 Å². The summed E-state index contributed by atoms with van der Waals surface area (Å²) in [6.07, 6.45) is 0.876. The molecule has 1 unspecified atom stereocenters. The first-order valence-corrected chi connectivity index (χ1v) is 8.03. The zero-order valence-corrected chi connectivity index (χ0v) is 14.5. The Labute approximate surface area is 139 Å². The zero-order valence-electron chi connectivity index (χ0n) is 12.2. The van der Waals surface area contributed by atoms with Crippen LogP contribution in [0.2, 0.25) is 5.02 Å². The highest BCUT2D eigenvalue weighted by molar-refractivity contribution is 9.10. The van der Waals surface area contributed by atoms with Gasteiger partial charge in [-0.1, -0.05) is 39.7 Å². The minimum atomic E-state index is 0.361. The van der Waals surface area contributed by atoms with Crippen LogP contribution in [-0.4, -0.2) is 20.7 Å². The maximum Gasteiger partial charge on any atom is 0.122 e. The maximum absolute atomic E-state index is 6.13. The van der Waals surface area contributed by atoms with Crippen LogP contribution in [0.3, 0.4) is 0 Å². The number of likely N-dealkylation sites (N-methyl/N-ethyl adjacent to an activating group) is 1. The van der Waals surface area contributed by atoms with Crippen molar-refractivity contribution in [2.75, 3.05) is 20.7 Å². The fourth-order valence-electron chi connectivity index (χ4n) is 2.49. The van der Waals surface area contributed by atoms with Crippen molar-refractivity contribution in [2.24, 2.45) is 0 Å². The standard InChI is InChI=1S/C17H19BrClNO/c1-20-11-14(12-4-3-5-15(18)9-12)8-13-10-16(19)6-7-17(13)21-2/h3-7,9-10,14,20H,8,11H2,1-2H3. The van der Waals surface area contributed by atoms with Crippen LogP contribution in [0.15, 0.2) is 46.9 Å². The quantitative estimate of drug-likeness (QED) is 0.801. The SMILES string of the molecule is CNCC(Cc1cc(Cl)ccc1OC)c1cccc(Br)c1. The lowest BCUT2D eigenvalue weighted by Crippen LogP contribution is -2.19. The number of halogens is 2. The predicted molar refractivity (Wildman–Crippen MR) is 92.5 cm³/mol.